The van der Waals surface area contributed by atoms with Crippen LogP contribution in [0.2, 0.25) is 0 Å². The number of nitrogens with one attached hydrogen (secondary N) is 1. The fourth-order valence-corrected chi connectivity index (χ4v) is 3.26. The van der Waals surface area contributed by atoms with Crippen molar-refractivity contribution in [1.82, 2.24) is 20.0 Å². The topological polar surface area (TPSA) is 45.5 Å². The lowest BCUT2D eigenvalue weighted by Crippen LogP contribution is -2.46. The third kappa shape index (κ3) is 4.02. The van der Waals surface area contributed by atoms with E-state index in [1.54, 1.807) is 0 Å². The van der Waals surface area contributed by atoms with E-state index in [0.717, 1.165) is 50.2 Å². The Labute approximate surface area is 134 Å². The average molecular weight is 305 g/mol. The van der Waals surface area contributed by atoms with Gasteiger partial charge in [0.2, 0.25) is 0 Å². The van der Waals surface area contributed by atoms with Crippen LogP contribution in [0.1, 0.15) is 43.6 Å². The molecule has 0 spiro atoms. The van der Waals surface area contributed by atoms with Crippen LogP contribution in [0.4, 0.5) is 0 Å². The molecule has 0 saturated carbocycles. The molecule has 22 heavy (non-hydrogen) atoms. The third-order valence-electron chi connectivity index (χ3n) is 4.57. The van der Waals surface area contributed by atoms with Crippen molar-refractivity contribution in [2.24, 2.45) is 18.0 Å². The summed E-state index contributed by atoms with van der Waals surface area (Å²) in [6.07, 6.45) is 3.57. The van der Waals surface area contributed by atoms with Crippen LogP contribution < -0.4 is 5.32 Å². The van der Waals surface area contributed by atoms with Crippen LogP contribution >= 0.6 is 0 Å². The van der Waals surface area contributed by atoms with Gasteiger partial charge >= 0.3 is 0 Å². The Kier molecular flexibility index (Phi) is 5.86. The normalized spacial score (nSPS) is 19.6. The van der Waals surface area contributed by atoms with Crippen LogP contribution in [0.15, 0.2) is 4.99 Å². The predicted molar refractivity (Wildman–Crippen MR) is 92.3 cm³/mol. The van der Waals surface area contributed by atoms with Gasteiger partial charge in [0.15, 0.2) is 5.96 Å². The first-order valence-corrected chi connectivity index (χ1v) is 8.55. The van der Waals surface area contributed by atoms with Crippen LogP contribution in [0.3, 0.4) is 0 Å². The highest BCUT2D eigenvalue weighted by molar-refractivity contribution is 5.80. The van der Waals surface area contributed by atoms with E-state index >= 15 is 0 Å². The first kappa shape index (κ1) is 16.8. The summed E-state index contributed by atoms with van der Waals surface area (Å²) in [7, 11) is 2.01. The molecule has 124 valence electrons. The third-order valence-corrected chi connectivity index (χ3v) is 4.57. The molecule has 2 heterocycles. The summed E-state index contributed by atoms with van der Waals surface area (Å²) in [5.41, 5.74) is 3.73. The maximum atomic E-state index is 4.85. The molecule has 1 fully saturated rings. The molecule has 2 rings (SSSR count). The van der Waals surface area contributed by atoms with Crippen molar-refractivity contribution < 1.29 is 0 Å². The maximum absolute atomic E-state index is 4.85. The van der Waals surface area contributed by atoms with Gasteiger partial charge in [0, 0.05) is 38.9 Å². The molecule has 0 amide bonds. The van der Waals surface area contributed by atoms with Gasteiger partial charge in [-0.25, -0.2) is 0 Å². The summed E-state index contributed by atoms with van der Waals surface area (Å²) in [6.45, 7) is 12.7. The van der Waals surface area contributed by atoms with Gasteiger partial charge in [-0.3, -0.25) is 9.67 Å². The first-order chi connectivity index (χ1) is 10.5. The molecule has 1 aromatic rings. The van der Waals surface area contributed by atoms with E-state index in [4.69, 9.17) is 4.99 Å². The van der Waals surface area contributed by atoms with Crippen LogP contribution in [-0.2, 0) is 13.5 Å². The van der Waals surface area contributed by atoms with E-state index in [0.29, 0.717) is 0 Å². The number of aryl methyl sites for hydroxylation is 2. The van der Waals surface area contributed by atoms with E-state index in [-0.39, 0.29) is 0 Å². The van der Waals surface area contributed by atoms with E-state index in [2.05, 4.69) is 43.0 Å². The van der Waals surface area contributed by atoms with E-state index in [1.807, 2.05) is 11.7 Å². The Morgan fingerprint density at radius 2 is 2.18 bits per heavy atom. The zero-order valence-electron chi connectivity index (χ0n) is 14.8. The molecular weight excluding hydrogens is 274 g/mol. The molecule has 0 aromatic carbocycles. The monoisotopic (exact) mass is 305 g/mol. The maximum Gasteiger partial charge on any atom is 0.193 e. The van der Waals surface area contributed by atoms with E-state index < -0.39 is 0 Å². The van der Waals surface area contributed by atoms with Gasteiger partial charge in [0.05, 0.1) is 5.69 Å². The van der Waals surface area contributed by atoms with Crippen molar-refractivity contribution in [3.8, 4) is 0 Å². The number of aromatic nitrogens is 2. The molecule has 0 bridgehead atoms. The minimum absolute atomic E-state index is 0.764. The second-order valence-electron chi connectivity index (χ2n) is 6.45. The number of piperidine rings is 1. The summed E-state index contributed by atoms with van der Waals surface area (Å²) < 4.78 is 1.96. The van der Waals surface area contributed by atoms with Gasteiger partial charge in [-0.15, -0.1) is 0 Å². The molecule has 1 aliphatic heterocycles. The highest BCUT2D eigenvalue weighted by atomic mass is 15.3. The van der Waals surface area contributed by atoms with Crippen molar-refractivity contribution in [2.45, 2.75) is 47.0 Å². The number of aliphatic imine (C=N–C) groups is 1. The Hall–Kier alpha value is -1.52. The smallest absolute Gasteiger partial charge is 0.193 e. The second-order valence-corrected chi connectivity index (χ2v) is 6.45. The fourth-order valence-electron chi connectivity index (χ4n) is 3.26. The molecule has 1 unspecified atom stereocenters. The molecule has 1 saturated heterocycles. The van der Waals surface area contributed by atoms with Gasteiger partial charge in [0.25, 0.3) is 0 Å². The Morgan fingerprint density at radius 3 is 2.77 bits per heavy atom. The van der Waals surface area contributed by atoms with E-state index in [1.165, 1.54) is 24.1 Å². The van der Waals surface area contributed by atoms with Crippen LogP contribution in [0.25, 0.3) is 0 Å². The standard InChI is InChI=1S/C17H31N5/c1-6-18-17(22-11-7-8-13(2)12-22)19-10-9-16-14(3)20-21(5)15(16)4/h13H,6-12H2,1-5H3,(H,18,19). The highest BCUT2D eigenvalue weighted by Gasteiger charge is 2.19. The molecule has 1 aliphatic rings. The van der Waals surface area contributed by atoms with Gasteiger partial charge in [0.1, 0.15) is 0 Å². The Bertz CT molecular complexity index is 517. The van der Waals surface area contributed by atoms with Crippen molar-refractivity contribution in [3.05, 3.63) is 17.0 Å². The largest absolute Gasteiger partial charge is 0.357 e. The van der Waals surface area contributed by atoms with Crippen molar-refractivity contribution in [3.63, 3.8) is 0 Å². The fraction of sp³-hybridized carbons (Fsp3) is 0.765. The number of likely N-dealkylation sites (tertiary alicyclic amines) is 1. The van der Waals surface area contributed by atoms with Gasteiger partial charge in [-0.2, -0.15) is 5.10 Å². The number of hydrogen-bond donors (Lipinski definition) is 1. The summed E-state index contributed by atoms with van der Waals surface area (Å²) in [5.74, 6) is 1.84. The zero-order valence-corrected chi connectivity index (χ0v) is 14.8. The van der Waals surface area contributed by atoms with Gasteiger partial charge in [-0.05, 0) is 51.5 Å². The predicted octanol–water partition coefficient (Wildman–Crippen LogP) is 2.28. The quantitative estimate of drug-likeness (QED) is 0.686. The lowest BCUT2D eigenvalue weighted by atomic mass is 10.0. The summed E-state index contributed by atoms with van der Waals surface area (Å²) in [4.78, 5) is 7.27. The number of nitrogens with zero attached hydrogens (tertiary/aromatic N) is 4. The second kappa shape index (κ2) is 7.65. The first-order valence-electron chi connectivity index (χ1n) is 8.55. The van der Waals surface area contributed by atoms with Crippen LogP contribution in [0.5, 0.6) is 0 Å². The van der Waals surface area contributed by atoms with Crippen molar-refractivity contribution in [1.29, 1.82) is 0 Å². The molecule has 5 nitrogen and oxygen atoms in total. The number of rotatable bonds is 4. The average Bonchev–Trinajstić information content (AvgIpc) is 2.72. The molecular formula is C17H31N5. The van der Waals surface area contributed by atoms with Crippen LogP contribution in [0, 0.1) is 19.8 Å². The summed E-state index contributed by atoms with van der Waals surface area (Å²) in [5, 5.41) is 7.94. The van der Waals surface area contributed by atoms with E-state index in [9.17, 15) is 0 Å². The number of hydrogen-bond acceptors (Lipinski definition) is 2. The Balaban J connectivity index is 2.00. The van der Waals surface area contributed by atoms with Crippen molar-refractivity contribution in [2.75, 3.05) is 26.2 Å². The highest BCUT2D eigenvalue weighted by Crippen LogP contribution is 2.16. The molecule has 0 radical (unpaired) electrons. The zero-order chi connectivity index (χ0) is 16.1. The van der Waals surface area contributed by atoms with Crippen molar-refractivity contribution >= 4 is 5.96 Å². The molecule has 1 aromatic heterocycles. The van der Waals surface area contributed by atoms with Gasteiger partial charge < -0.3 is 10.2 Å². The summed E-state index contributed by atoms with van der Waals surface area (Å²) >= 11 is 0. The lowest BCUT2D eigenvalue weighted by molar-refractivity contribution is 0.266. The van der Waals surface area contributed by atoms with Crippen LogP contribution in [-0.4, -0.2) is 46.8 Å². The molecule has 1 N–H and O–H groups in total. The lowest BCUT2D eigenvalue weighted by Gasteiger charge is -2.33. The molecule has 5 heteroatoms. The minimum Gasteiger partial charge on any atom is -0.357 e. The minimum atomic E-state index is 0.764. The summed E-state index contributed by atoms with van der Waals surface area (Å²) in [6, 6.07) is 0. The number of guanidine groups is 1. The molecule has 0 aliphatic carbocycles. The SMILES string of the molecule is CCNC(=NCCc1c(C)nn(C)c1C)N1CCCC(C)C1. The van der Waals surface area contributed by atoms with Gasteiger partial charge in [-0.1, -0.05) is 6.92 Å². The Morgan fingerprint density at radius 1 is 1.41 bits per heavy atom. The molecule has 1 atom stereocenters.